The van der Waals surface area contributed by atoms with Gasteiger partial charge in [-0.05, 0) is 39.3 Å². The molecule has 1 aliphatic carbocycles. The molecule has 0 bridgehead atoms. The highest BCUT2D eigenvalue weighted by Gasteiger charge is 2.44. The predicted octanol–water partition coefficient (Wildman–Crippen LogP) is 2.54. The molecule has 0 amide bonds. The van der Waals surface area contributed by atoms with Crippen LogP contribution in [0.1, 0.15) is 47.2 Å². The van der Waals surface area contributed by atoms with Crippen LogP contribution in [0.3, 0.4) is 0 Å². The number of fused-ring (bicyclic) bond motifs is 1. The number of aryl methyl sites for hydroxylation is 4. The van der Waals surface area contributed by atoms with E-state index in [-0.39, 0.29) is 0 Å². The van der Waals surface area contributed by atoms with Gasteiger partial charge in [-0.25, -0.2) is 24.9 Å². The summed E-state index contributed by atoms with van der Waals surface area (Å²) in [4.78, 5) is 22.8. The van der Waals surface area contributed by atoms with E-state index in [1.165, 1.54) is 0 Å². The number of rotatable bonds is 3. The minimum atomic E-state index is 0.339. The first-order chi connectivity index (χ1) is 13.0. The van der Waals surface area contributed by atoms with Gasteiger partial charge in [-0.2, -0.15) is 4.68 Å². The van der Waals surface area contributed by atoms with Crippen LogP contribution in [0.4, 0.5) is 0 Å². The molecule has 4 aromatic rings. The Morgan fingerprint density at radius 2 is 1.85 bits per heavy atom. The molecule has 0 aliphatic heterocycles. The molecule has 4 aromatic heterocycles. The average molecular weight is 360 g/mol. The van der Waals surface area contributed by atoms with Crippen LogP contribution in [-0.2, 0) is 7.05 Å². The molecule has 1 fully saturated rings. The van der Waals surface area contributed by atoms with Gasteiger partial charge in [0.25, 0.3) is 0 Å². The fourth-order valence-corrected chi connectivity index (χ4v) is 3.79. The second kappa shape index (κ2) is 5.67. The molecular formula is C19H20N8. The molecule has 1 aliphatic rings. The third kappa shape index (κ3) is 2.59. The SMILES string of the molecule is Cc1nc(C2CC2c2nc3ncccc3n2C)cc(-n2nc(C)nc2C)n1. The van der Waals surface area contributed by atoms with E-state index in [0.29, 0.717) is 11.8 Å². The topological polar surface area (TPSA) is 87.2 Å². The van der Waals surface area contributed by atoms with Gasteiger partial charge in [0.2, 0.25) is 0 Å². The Kier molecular flexibility index (Phi) is 3.37. The number of imidazole rings is 1. The zero-order chi connectivity index (χ0) is 18.7. The average Bonchev–Trinajstić information content (AvgIpc) is 3.27. The Morgan fingerprint density at radius 1 is 1.00 bits per heavy atom. The van der Waals surface area contributed by atoms with E-state index in [1.54, 1.807) is 10.9 Å². The summed E-state index contributed by atoms with van der Waals surface area (Å²) in [5.74, 6) is 4.84. The van der Waals surface area contributed by atoms with Crippen LogP contribution in [0.25, 0.3) is 17.0 Å². The van der Waals surface area contributed by atoms with E-state index in [0.717, 1.165) is 52.4 Å². The summed E-state index contributed by atoms with van der Waals surface area (Å²) in [6.07, 6.45) is 2.81. The Bertz CT molecular complexity index is 1170. The van der Waals surface area contributed by atoms with Crippen molar-refractivity contribution in [3.8, 4) is 5.82 Å². The van der Waals surface area contributed by atoms with Crippen molar-refractivity contribution >= 4 is 11.2 Å². The standard InChI is InChI=1S/C19H20N8/c1-10-22-15(9-17(23-10)27-12(3)21-11(2)25-27)13-8-14(13)19-24-18-16(26(19)4)6-5-7-20-18/h5-7,9,13-14H,8H2,1-4H3. The maximum absolute atomic E-state index is 4.75. The molecule has 136 valence electrons. The molecule has 0 spiro atoms. The van der Waals surface area contributed by atoms with Crippen LogP contribution in [0.5, 0.6) is 0 Å². The van der Waals surface area contributed by atoms with Crippen molar-refractivity contribution in [2.24, 2.45) is 7.05 Å². The third-order valence-electron chi connectivity index (χ3n) is 5.13. The maximum Gasteiger partial charge on any atom is 0.177 e. The second-order valence-electron chi connectivity index (χ2n) is 7.14. The Hall–Kier alpha value is -3.16. The van der Waals surface area contributed by atoms with E-state index in [2.05, 4.69) is 37.7 Å². The molecule has 5 rings (SSSR count). The lowest BCUT2D eigenvalue weighted by atomic mass is 10.2. The van der Waals surface area contributed by atoms with Gasteiger partial charge in [-0.15, -0.1) is 5.10 Å². The summed E-state index contributed by atoms with van der Waals surface area (Å²) in [5, 5.41) is 4.45. The predicted molar refractivity (Wildman–Crippen MR) is 99.8 cm³/mol. The fraction of sp³-hybridized carbons (Fsp3) is 0.368. The molecule has 2 atom stereocenters. The van der Waals surface area contributed by atoms with Crippen LogP contribution in [0.2, 0.25) is 0 Å². The minimum Gasteiger partial charge on any atom is -0.329 e. The number of hydrogen-bond donors (Lipinski definition) is 0. The molecule has 8 nitrogen and oxygen atoms in total. The number of pyridine rings is 1. The lowest BCUT2D eigenvalue weighted by Gasteiger charge is -2.07. The first-order valence-corrected chi connectivity index (χ1v) is 9.05. The van der Waals surface area contributed by atoms with Crippen molar-refractivity contribution < 1.29 is 0 Å². The summed E-state index contributed by atoms with van der Waals surface area (Å²) in [7, 11) is 2.06. The van der Waals surface area contributed by atoms with E-state index in [4.69, 9.17) is 9.97 Å². The molecule has 8 heteroatoms. The summed E-state index contributed by atoms with van der Waals surface area (Å²) >= 11 is 0. The smallest absolute Gasteiger partial charge is 0.177 e. The summed E-state index contributed by atoms with van der Waals surface area (Å²) < 4.78 is 3.93. The van der Waals surface area contributed by atoms with Crippen molar-refractivity contribution in [2.75, 3.05) is 0 Å². The van der Waals surface area contributed by atoms with Crippen LogP contribution in [0, 0.1) is 20.8 Å². The zero-order valence-electron chi connectivity index (χ0n) is 15.7. The van der Waals surface area contributed by atoms with Gasteiger partial charge in [0.05, 0.1) is 11.2 Å². The lowest BCUT2D eigenvalue weighted by molar-refractivity contribution is 0.768. The second-order valence-corrected chi connectivity index (χ2v) is 7.14. The molecule has 0 N–H and O–H groups in total. The van der Waals surface area contributed by atoms with Gasteiger partial charge in [0.15, 0.2) is 11.5 Å². The highest BCUT2D eigenvalue weighted by Crippen LogP contribution is 2.54. The first kappa shape index (κ1) is 16.0. The largest absolute Gasteiger partial charge is 0.329 e. The van der Waals surface area contributed by atoms with Gasteiger partial charge in [-0.3, -0.25) is 0 Å². The van der Waals surface area contributed by atoms with Crippen LogP contribution in [-0.4, -0.2) is 39.3 Å². The van der Waals surface area contributed by atoms with Crippen LogP contribution < -0.4 is 0 Å². The number of aromatic nitrogens is 8. The highest BCUT2D eigenvalue weighted by atomic mass is 15.4. The quantitative estimate of drug-likeness (QED) is 0.558. The lowest BCUT2D eigenvalue weighted by Crippen LogP contribution is -2.07. The van der Waals surface area contributed by atoms with Gasteiger partial charge in [0, 0.05) is 31.1 Å². The molecular weight excluding hydrogens is 340 g/mol. The van der Waals surface area contributed by atoms with E-state index in [1.807, 2.05) is 32.9 Å². The van der Waals surface area contributed by atoms with Crippen LogP contribution in [0.15, 0.2) is 24.4 Å². The molecule has 1 saturated carbocycles. The monoisotopic (exact) mass is 360 g/mol. The first-order valence-electron chi connectivity index (χ1n) is 9.05. The van der Waals surface area contributed by atoms with E-state index in [9.17, 15) is 0 Å². The fourth-order valence-electron chi connectivity index (χ4n) is 3.79. The Labute approximate surface area is 156 Å². The molecule has 0 radical (unpaired) electrons. The van der Waals surface area contributed by atoms with E-state index < -0.39 is 0 Å². The van der Waals surface area contributed by atoms with Crippen LogP contribution >= 0.6 is 0 Å². The molecule has 2 unspecified atom stereocenters. The highest BCUT2D eigenvalue weighted by molar-refractivity contribution is 5.71. The van der Waals surface area contributed by atoms with Gasteiger partial charge in [0.1, 0.15) is 23.3 Å². The van der Waals surface area contributed by atoms with Crippen molar-refractivity contribution in [3.05, 3.63) is 53.4 Å². The normalized spacial score (nSPS) is 19.0. The summed E-state index contributed by atoms with van der Waals surface area (Å²) in [6, 6.07) is 6.03. The Morgan fingerprint density at radius 3 is 2.59 bits per heavy atom. The molecule has 27 heavy (non-hydrogen) atoms. The molecule has 4 heterocycles. The van der Waals surface area contributed by atoms with Crippen molar-refractivity contribution in [2.45, 2.75) is 39.0 Å². The Balaban J connectivity index is 1.51. The third-order valence-corrected chi connectivity index (χ3v) is 5.13. The number of nitrogens with zero attached hydrogens (tertiary/aromatic N) is 8. The van der Waals surface area contributed by atoms with Gasteiger partial charge < -0.3 is 4.57 Å². The summed E-state index contributed by atoms with van der Waals surface area (Å²) in [5.41, 5.74) is 2.90. The molecule has 0 aromatic carbocycles. The minimum absolute atomic E-state index is 0.339. The summed E-state index contributed by atoms with van der Waals surface area (Å²) in [6.45, 7) is 5.74. The van der Waals surface area contributed by atoms with Gasteiger partial charge in [-0.1, -0.05) is 0 Å². The van der Waals surface area contributed by atoms with Crippen molar-refractivity contribution in [1.29, 1.82) is 0 Å². The zero-order valence-corrected chi connectivity index (χ0v) is 15.7. The molecule has 0 saturated heterocycles. The van der Waals surface area contributed by atoms with Crippen molar-refractivity contribution in [3.63, 3.8) is 0 Å². The van der Waals surface area contributed by atoms with E-state index >= 15 is 0 Å². The maximum atomic E-state index is 4.75. The number of hydrogen-bond acceptors (Lipinski definition) is 6. The van der Waals surface area contributed by atoms with Gasteiger partial charge >= 0.3 is 0 Å². The van der Waals surface area contributed by atoms with Crippen molar-refractivity contribution in [1.82, 2.24) is 39.3 Å².